The number of nitrogens with zero attached hydrogens (tertiary/aromatic N) is 3. The van der Waals surface area contributed by atoms with Crippen LogP contribution in [0.1, 0.15) is 16.8 Å². The van der Waals surface area contributed by atoms with Gasteiger partial charge in [-0.05, 0) is 18.6 Å². The molecule has 0 radical (unpaired) electrons. The third-order valence-corrected chi connectivity index (χ3v) is 3.22. The third-order valence-electron chi connectivity index (χ3n) is 3.22. The summed E-state index contributed by atoms with van der Waals surface area (Å²) in [7, 11) is 3.52. The number of nitrogens with one attached hydrogen (secondary N) is 1. The van der Waals surface area contributed by atoms with Crippen LogP contribution in [0.4, 0.5) is 5.82 Å². The second kappa shape index (κ2) is 5.69. The molecule has 102 valence electrons. The van der Waals surface area contributed by atoms with Crippen LogP contribution in [-0.4, -0.2) is 60.3 Å². The summed E-state index contributed by atoms with van der Waals surface area (Å²) >= 11 is 0. The Bertz CT molecular complexity index is 489. The fourth-order valence-electron chi connectivity index (χ4n) is 2.04. The molecule has 6 nitrogen and oxygen atoms in total. The molecule has 0 saturated carbocycles. The molecule has 0 aliphatic carbocycles. The van der Waals surface area contributed by atoms with E-state index in [1.54, 1.807) is 42.2 Å². The Morgan fingerprint density at radius 3 is 2.95 bits per heavy atom. The van der Waals surface area contributed by atoms with Crippen LogP contribution in [0, 0.1) is 0 Å². The van der Waals surface area contributed by atoms with Gasteiger partial charge in [0.25, 0.3) is 5.91 Å². The second-order valence-electron chi connectivity index (χ2n) is 4.58. The van der Waals surface area contributed by atoms with Crippen LogP contribution >= 0.6 is 0 Å². The maximum absolute atomic E-state index is 12.4. The lowest BCUT2D eigenvalue weighted by Gasteiger charge is -2.20. The van der Waals surface area contributed by atoms with E-state index in [1.807, 2.05) is 0 Å². The van der Waals surface area contributed by atoms with Crippen molar-refractivity contribution in [1.82, 2.24) is 14.8 Å². The Hall–Kier alpha value is -2.11. The number of amides is 2. The smallest absolute Gasteiger partial charge is 0.254 e. The fraction of sp³-hybridized carbons (Fsp3) is 0.462. The summed E-state index contributed by atoms with van der Waals surface area (Å²) in [6.45, 7) is 1.44. The molecular weight excluding hydrogens is 244 g/mol. The Kier molecular flexibility index (Phi) is 3.99. The summed E-state index contributed by atoms with van der Waals surface area (Å²) in [5, 5.41) is 2.90. The van der Waals surface area contributed by atoms with Crippen LogP contribution < -0.4 is 5.32 Å². The molecule has 1 N–H and O–H groups in total. The Labute approximate surface area is 112 Å². The van der Waals surface area contributed by atoms with Crippen molar-refractivity contribution in [2.24, 2.45) is 0 Å². The first-order valence-corrected chi connectivity index (χ1v) is 6.29. The topological polar surface area (TPSA) is 65.5 Å². The minimum Gasteiger partial charge on any atom is -0.373 e. The molecule has 1 aliphatic rings. The molecule has 0 aromatic carbocycles. The number of likely N-dealkylation sites (N-methyl/N-ethyl adjacent to an activating group) is 1. The van der Waals surface area contributed by atoms with E-state index in [1.165, 1.54) is 0 Å². The molecule has 2 amide bonds. The molecule has 2 heterocycles. The van der Waals surface area contributed by atoms with E-state index in [9.17, 15) is 9.59 Å². The molecule has 6 heteroatoms. The zero-order valence-corrected chi connectivity index (χ0v) is 11.2. The van der Waals surface area contributed by atoms with E-state index in [2.05, 4.69) is 10.3 Å². The molecule has 2 rings (SSSR count). The molecule has 0 atom stereocenters. The molecule has 1 aromatic rings. The Balaban J connectivity index is 2.16. The molecule has 0 bridgehead atoms. The summed E-state index contributed by atoms with van der Waals surface area (Å²) < 4.78 is 0. The van der Waals surface area contributed by atoms with Crippen molar-refractivity contribution in [3.05, 3.63) is 23.9 Å². The molecule has 1 aliphatic heterocycles. The summed E-state index contributed by atoms with van der Waals surface area (Å²) in [6.07, 6.45) is 2.39. The van der Waals surface area contributed by atoms with Gasteiger partial charge in [0.15, 0.2) is 0 Å². The summed E-state index contributed by atoms with van der Waals surface area (Å²) in [4.78, 5) is 31.5. The number of hydrogen-bond donors (Lipinski definition) is 1. The van der Waals surface area contributed by atoms with Crippen LogP contribution in [0.2, 0.25) is 0 Å². The van der Waals surface area contributed by atoms with Crippen molar-refractivity contribution in [3.8, 4) is 0 Å². The van der Waals surface area contributed by atoms with Gasteiger partial charge in [-0.1, -0.05) is 0 Å². The Morgan fingerprint density at radius 2 is 2.21 bits per heavy atom. The van der Waals surface area contributed by atoms with Gasteiger partial charge in [-0.25, -0.2) is 4.98 Å². The van der Waals surface area contributed by atoms with E-state index in [0.717, 1.165) is 6.42 Å². The number of anilines is 1. The minimum atomic E-state index is -0.123. The van der Waals surface area contributed by atoms with E-state index >= 15 is 0 Å². The van der Waals surface area contributed by atoms with Crippen LogP contribution in [0.5, 0.6) is 0 Å². The lowest BCUT2D eigenvalue weighted by atomic mass is 10.2. The second-order valence-corrected chi connectivity index (χ2v) is 4.58. The minimum absolute atomic E-state index is 0.0197. The highest BCUT2D eigenvalue weighted by Gasteiger charge is 2.23. The van der Waals surface area contributed by atoms with Gasteiger partial charge in [0.2, 0.25) is 5.91 Å². The van der Waals surface area contributed by atoms with Crippen molar-refractivity contribution in [2.45, 2.75) is 6.42 Å². The van der Waals surface area contributed by atoms with Crippen LogP contribution in [-0.2, 0) is 4.79 Å². The predicted molar refractivity (Wildman–Crippen MR) is 71.9 cm³/mol. The predicted octanol–water partition coefficient (Wildman–Crippen LogP) is 0.428. The number of pyridine rings is 1. The first-order valence-electron chi connectivity index (χ1n) is 6.29. The van der Waals surface area contributed by atoms with Gasteiger partial charge in [0.1, 0.15) is 12.4 Å². The number of aromatic nitrogens is 1. The van der Waals surface area contributed by atoms with Crippen LogP contribution in [0.15, 0.2) is 18.3 Å². The van der Waals surface area contributed by atoms with Gasteiger partial charge in [-0.2, -0.15) is 0 Å². The number of rotatable bonds is 2. The van der Waals surface area contributed by atoms with Gasteiger partial charge in [0.05, 0.1) is 0 Å². The zero-order valence-electron chi connectivity index (χ0n) is 11.2. The van der Waals surface area contributed by atoms with Crippen molar-refractivity contribution >= 4 is 17.6 Å². The first-order chi connectivity index (χ1) is 9.11. The monoisotopic (exact) mass is 262 g/mol. The lowest BCUT2D eigenvalue weighted by Crippen LogP contribution is -2.38. The molecule has 0 unspecified atom stereocenters. The number of carbonyl (C=O) groups is 2. The standard InChI is InChI=1S/C13H18N4O2/c1-14-11-8-10(4-5-15-11)13(19)17-7-3-6-16(2)12(18)9-17/h4-5,8H,3,6-7,9H2,1-2H3,(H,14,15). The van der Waals surface area contributed by atoms with Crippen molar-refractivity contribution in [3.63, 3.8) is 0 Å². The number of hydrogen-bond acceptors (Lipinski definition) is 4. The van der Waals surface area contributed by atoms with E-state index < -0.39 is 0 Å². The maximum Gasteiger partial charge on any atom is 0.254 e. The SMILES string of the molecule is CNc1cc(C(=O)N2CCCN(C)C(=O)C2)ccn1. The first kappa shape index (κ1) is 13.3. The highest BCUT2D eigenvalue weighted by atomic mass is 16.2. The van der Waals surface area contributed by atoms with Crippen molar-refractivity contribution in [1.29, 1.82) is 0 Å². The molecule has 1 saturated heterocycles. The van der Waals surface area contributed by atoms with E-state index in [0.29, 0.717) is 24.5 Å². The van der Waals surface area contributed by atoms with Crippen LogP contribution in [0.3, 0.4) is 0 Å². The number of carbonyl (C=O) groups excluding carboxylic acids is 2. The average molecular weight is 262 g/mol. The van der Waals surface area contributed by atoms with Gasteiger partial charge >= 0.3 is 0 Å². The Morgan fingerprint density at radius 1 is 1.42 bits per heavy atom. The summed E-state index contributed by atoms with van der Waals surface area (Å²) in [5.41, 5.74) is 0.553. The van der Waals surface area contributed by atoms with E-state index in [4.69, 9.17) is 0 Å². The highest BCUT2D eigenvalue weighted by molar-refractivity contribution is 5.97. The summed E-state index contributed by atoms with van der Waals surface area (Å²) in [5.74, 6) is 0.500. The summed E-state index contributed by atoms with van der Waals surface area (Å²) in [6, 6.07) is 3.36. The largest absolute Gasteiger partial charge is 0.373 e. The quantitative estimate of drug-likeness (QED) is 0.839. The molecular formula is C13H18N4O2. The van der Waals surface area contributed by atoms with E-state index in [-0.39, 0.29) is 18.4 Å². The van der Waals surface area contributed by atoms with Gasteiger partial charge < -0.3 is 15.1 Å². The molecule has 19 heavy (non-hydrogen) atoms. The van der Waals surface area contributed by atoms with Gasteiger partial charge in [-0.15, -0.1) is 0 Å². The van der Waals surface area contributed by atoms with Crippen molar-refractivity contribution in [2.75, 3.05) is 39.0 Å². The average Bonchev–Trinajstić information content (AvgIpc) is 2.60. The molecule has 0 spiro atoms. The zero-order chi connectivity index (χ0) is 13.8. The maximum atomic E-state index is 12.4. The third kappa shape index (κ3) is 3.01. The van der Waals surface area contributed by atoms with Gasteiger partial charge in [0, 0.05) is 38.9 Å². The lowest BCUT2D eigenvalue weighted by molar-refractivity contribution is -0.129. The molecule has 1 aromatic heterocycles. The van der Waals surface area contributed by atoms with Crippen molar-refractivity contribution < 1.29 is 9.59 Å². The normalized spacial score (nSPS) is 16.2. The highest BCUT2D eigenvalue weighted by Crippen LogP contribution is 2.11. The van der Waals surface area contributed by atoms with Crippen LogP contribution in [0.25, 0.3) is 0 Å². The van der Waals surface area contributed by atoms with Gasteiger partial charge in [-0.3, -0.25) is 9.59 Å². The molecule has 1 fully saturated rings. The fourth-order valence-corrected chi connectivity index (χ4v) is 2.04.